The van der Waals surface area contributed by atoms with Gasteiger partial charge in [0.1, 0.15) is 5.01 Å². The Morgan fingerprint density at radius 3 is 2.86 bits per heavy atom. The van der Waals surface area contributed by atoms with Crippen LogP contribution in [0.15, 0.2) is 22.2 Å². The van der Waals surface area contributed by atoms with Crippen molar-refractivity contribution in [3.63, 3.8) is 0 Å². The number of thiazole rings is 1. The summed E-state index contributed by atoms with van der Waals surface area (Å²) in [7, 11) is 0. The Morgan fingerprint density at radius 1 is 1.43 bits per heavy atom. The van der Waals surface area contributed by atoms with Gasteiger partial charge in [0.05, 0.1) is 18.8 Å². The van der Waals surface area contributed by atoms with E-state index in [9.17, 15) is 4.79 Å². The monoisotopic (exact) mass is 324 g/mol. The summed E-state index contributed by atoms with van der Waals surface area (Å²) in [5, 5.41) is 7.25. The maximum Gasteiger partial charge on any atom is 0.320 e. The van der Waals surface area contributed by atoms with Crippen molar-refractivity contribution in [2.75, 3.05) is 13.2 Å². The van der Waals surface area contributed by atoms with Crippen molar-refractivity contribution in [2.45, 2.75) is 33.4 Å². The SMILES string of the molecule is CCOC(=O)CN(Cc1csc(-c2ccsc2)n1)C(C)C. The van der Waals surface area contributed by atoms with Crippen molar-refractivity contribution >= 4 is 28.6 Å². The largest absolute Gasteiger partial charge is 0.465 e. The molecule has 2 aromatic rings. The number of nitrogens with zero attached hydrogens (tertiary/aromatic N) is 2. The van der Waals surface area contributed by atoms with Gasteiger partial charge < -0.3 is 4.74 Å². The minimum atomic E-state index is -0.181. The van der Waals surface area contributed by atoms with Gasteiger partial charge >= 0.3 is 5.97 Å². The Balaban J connectivity index is 2.02. The van der Waals surface area contributed by atoms with E-state index in [1.54, 1.807) is 22.7 Å². The van der Waals surface area contributed by atoms with Crippen LogP contribution >= 0.6 is 22.7 Å². The highest BCUT2D eigenvalue weighted by atomic mass is 32.1. The smallest absolute Gasteiger partial charge is 0.320 e. The van der Waals surface area contributed by atoms with Crippen LogP contribution in [0.5, 0.6) is 0 Å². The van der Waals surface area contributed by atoms with Crippen LogP contribution in [-0.2, 0) is 16.1 Å². The second-order valence-electron chi connectivity index (χ2n) is 4.96. The Hall–Kier alpha value is -1.24. The second-order valence-corrected chi connectivity index (χ2v) is 6.60. The number of hydrogen-bond acceptors (Lipinski definition) is 6. The lowest BCUT2D eigenvalue weighted by Gasteiger charge is -2.24. The zero-order valence-corrected chi connectivity index (χ0v) is 14.2. The molecule has 0 amide bonds. The van der Waals surface area contributed by atoms with E-state index < -0.39 is 0 Å². The van der Waals surface area contributed by atoms with E-state index in [-0.39, 0.29) is 12.0 Å². The molecule has 0 aromatic carbocycles. The molecule has 2 heterocycles. The van der Waals surface area contributed by atoms with E-state index in [1.165, 1.54) is 0 Å². The van der Waals surface area contributed by atoms with Gasteiger partial charge in [-0.25, -0.2) is 4.98 Å². The number of esters is 1. The minimum absolute atomic E-state index is 0.181. The molecule has 2 rings (SSSR count). The molecule has 2 aromatic heterocycles. The molecule has 0 saturated carbocycles. The van der Waals surface area contributed by atoms with E-state index in [2.05, 4.69) is 45.9 Å². The summed E-state index contributed by atoms with van der Waals surface area (Å²) >= 11 is 3.31. The molecule has 114 valence electrons. The van der Waals surface area contributed by atoms with Gasteiger partial charge in [-0.2, -0.15) is 11.3 Å². The molecule has 0 aliphatic rings. The molecule has 0 unspecified atom stereocenters. The highest BCUT2D eigenvalue weighted by Crippen LogP contribution is 2.26. The number of hydrogen-bond donors (Lipinski definition) is 0. The van der Waals surface area contributed by atoms with Crippen molar-refractivity contribution in [1.29, 1.82) is 0 Å². The third-order valence-corrected chi connectivity index (χ3v) is 4.68. The number of thiophene rings is 1. The Bertz CT molecular complexity index is 564. The van der Waals surface area contributed by atoms with Crippen LogP contribution in [-0.4, -0.2) is 35.0 Å². The quantitative estimate of drug-likeness (QED) is 0.729. The summed E-state index contributed by atoms with van der Waals surface area (Å²) in [5.41, 5.74) is 2.16. The number of rotatable bonds is 7. The second kappa shape index (κ2) is 7.68. The van der Waals surface area contributed by atoms with Gasteiger partial charge in [0, 0.05) is 28.9 Å². The predicted molar refractivity (Wildman–Crippen MR) is 87.6 cm³/mol. The summed E-state index contributed by atoms with van der Waals surface area (Å²) in [5.74, 6) is -0.181. The molecule has 0 N–H and O–H groups in total. The van der Waals surface area contributed by atoms with Crippen molar-refractivity contribution in [3.05, 3.63) is 27.9 Å². The fourth-order valence-corrected chi connectivity index (χ4v) is 3.42. The molecule has 0 aliphatic heterocycles. The predicted octanol–water partition coefficient (Wildman–Crippen LogP) is 3.65. The standard InChI is InChI=1S/C15H20N2O2S2/c1-4-19-14(18)8-17(11(2)3)7-13-10-21-15(16-13)12-5-6-20-9-12/h5-6,9-11H,4,7-8H2,1-3H3. The zero-order chi connectivity index (χ0) is 15.2. The summed E-state index contributed by atoms with van der Waals surface area (Å²) in [6.45, 7) is 7.36. The van der Waals surface area contributed by atoms with E-state index in [0.717, 1.165) is 16.3 Å². The van der Waals surface area contributed by atoms with E-state index >= 15 is 0 Å². The molecule has 0 spiro atoms. The number of aromatic nitrogens is 1. The van der Waals surface area contributed by atoms with Crippen LogP contribution in [0.1, 0.15) is 26.5 Å². The van der Waals surface area contributed by atoms with Crippen LogP contribution in [0.4, 0.5) is 0 Å². The van der Waals surface area contributed by atoms with Crippen LogP contribution in [0, 0.1) is 0 Å². The summed E-state index contributed by atoms with van der Waals surface area (Å²) in [6, 6.07) is 2.34. The minimum Gasteiger partial charge on any atom is -0.465 e. The average Bonchev–Trinajstić information content (AvgIpc) is 3.08. The maximum atomic E-state index is 11.7. The molecule has 21 heavy (non-hydrogen) atoms. The van der Waals surface area contributed by atoms with Crippen LogP contribution in [0.25, 0.3) is 10.6 Å². The fraction of sp³-hybridized carbons (Fsp3) is 0.467. The molecule has 6 heteroatoms. The molecule has 4 nitrogen and oxygen atoms in total. The van der Waals surface area contributed by atoms with Crippen LogP contribution in [0.3, 0.4) is 0 Å². The first-order valence-corrected chi connectivity index (χ1v) is 8.79. The lowest BCUT2D eigenvalue weighted by molar-refractivity contribution is -0.145. The summed E-state index contributed by atoms with van der Waals surface area (Å²) < 4.78 is 5.03. The van der Waals surface area contributed by atoms with E-state index in [0.29, 0.717) is 19.7 Å². The highest BCUT2D eigenvalue weighted by molar-refractivity contribution is 7.14. The zero-order valence-electron chi connectivity index (χ0n) is 12.5. The molecule has 0 fully saturated rings. The Kier molecular flexibility index (Phi) is 5.90. The third kappa shape index (κ3) is 4.62. The van der Waals surface area contributed by atoms with Gasteiger partial charge in [0.25, 0.3) is 0 Å². The lowest BCUT2D eigenvalue weighted by Crippen LogP contribution is -2.36. The van der Waals surface area contributed by atoms with Gasteiger partial charge in [0.2, 0.25) is 0 Å². The van der Waals surface area contributed by atoms with Crippen molar-refractivity contribution in [2.24, 2.45) is 0 Å². The van der Waals surface area contributed by atoms with Gasteiger partial charge in [-0.15, -0.1) is 11.3 Å². The van der Waals surface area contributed by atoms with Crippen molar-refractivity contribution < 1.29 is 9.53 Å². The molecule has 0 saturated heterocycles. The van der Waals surface area contributed by atoms with E-state index in [1.807, 2.05) is 6.92 Å². The molecule has 0 bridgehead atoms. The maximum absolute atomic E-state index is 11.7. The highest BCUT2D eigenvalue weighted by Gasteiger charge is 2.17. The van der Waals surface area contributed by atoms with Gasteiger partial charge in [-0.05, 0) is 32.2 Å². The van der Waals surface area contributed by atoms with Crippen LogP contribution in [0.2, 0.25) is 0 Å². The van der Waals surface area contributed by atoms with E-state index in [4.69, 9.17) is 4.74 Å². The Morgan fingerprint density at radius 2 is 2.24 bits per heavy atom. The first-order chi connectivity index (χ1) is 10.1. The number of ether oxygens (including phenoxy) is 1. The summed E-state index contributed by atoms with van der Waals surface area (Å²) in [4.78, 5) is 18.4. The van der Waals surface area contributed by atoms with Gasteiger partial charge in [-0.1, -0.05) is 0 Å². The normalized spacial score (nSPS) is 11.3. The molecule has 0 atom stereocenters. The molecule has 0 aliphatic carbocycles. The molecular formula is C15H20N2O2S2. The number of carbonyl (C=O) groups excluding carboxylic acids is 1. The Labute approximate surface area is 133 Å². The van der Waals surface area contributed by atoms with Gasteiger partial charge in [-0.3, -0.25) is 9.69 Å². The van der Waals surface area contributed by atoms with Gasteiger partial charge in [0.15, 0.2) is 0 Å². The number of carbonyl (C=O) groups is 1. The summed E-state index contributed by atoms with van der Waals surface area (Å²) in [6.07, 6.45) is 0. The topological polar surface area (TPSA) is 42.4 Å². The lowest BCUT2D eigenvalue weighted by atomic mass is 10.3. The molecular weight excluding hydrogens is 304 g/mol. The van der Waals surface area contributed by atoms with Crippen LogP contribution < -0.4 is 0 Å². The first-order valence-electron chi connectivity index (χ1n) is 6.96. The van der Waals surface area contributed by atoms with Crippen molar-refractivity contribution in [1.82, 2.24) is 9.88 Å². The molecule has 0 radical (unpaired) electrons. The van der Waals surface area contributed by atoms with Crippen molar-refractivity contribution in [3.8, 4) is 10.6 Å². The average molecular weight is 324 g/mol. The first kappa shape index (κ1) is 16.1. The fourth-order valence-electron chi connectivity index (χ4n) is 1.90. The third-order valence-electron chi connectivity index (χ3n) is 3.05.